The van der Waals surface area contributed by atoms with Gasteiger partial charge >= 0.3 is 6.03 Å². The fourth-order valence-corrected chi connectivity index (χ4v) is 2.75. The van der Waals surface area contributed by atoms with Gasteiger partial charge in [-0.1, -0.05) is 24.3 Å². The number of anilines is 2. The summed E-state index contributed by atoms with van der Waals surface area (Å²) < 4.78 is 0. The van der Waals surface area contributed by atoms with Crippen molar-refractivity contribution in [2.24, 2.45) is 0 Å². The van der Waals surface area contributed by atoms with Gasteiger partial charge < -0.3 is 21.3 Å². The van der Waals surface area contributed by atoms with Gasteiger partial charge in [-0.3, -0.25) is 4.79 Å². The van der Waals surface area contributed by atoms with E-state index in [0.29, 0.717) is 16.9 Å². The standard InChI is InChI=1S/C19H22N4O2.ClH/c1-13-7-8-14(18(24)21-16-9-10-20-12-16)11-17(13)23-19(25)22-15-5-3-2-4-6-15;/h2-8,11,16,20H,9-10,12H2,1H3,(H,21,24)(H2,22,23,25);1H. The number of para-hydroxylation sites is 1. The molecule has 0 aromatic heterocycles. The summed E-state index contributed by atoms with van der Waals surface area (Å²) in [7, 11) is 0. The fourth-order valence-electron chi connectivity index (χ4n) is 2.75. The number of hydrogen-bond donors (Lipinski definition) is 4. The Morgan fingerprint density at radius 2 is 1.85 bits per heavy atom. The number of rotatable bonds is 4. The zero-order valence-corrected chi connectivity index (χ0v) is 15.4. The molecule has 0 saturated carbocycles. The summed E-state index contributed by atoms with van der Waals surface area (Å²) >= 11 is 0. The van der Waals surface area contributed by atoms with Crippen molar-refractivity contribution in [1.29, 1.82) is 0 Å². The number of amides is 3. The first-order valence-electron chi connectivity index (χ1n) is 8.37. The Hall–Kier alpha value is -2.57. The highest BCUT2D eigenvalue weighted by Gasteiger charge is 2.18. The fraction of sp³-hybridized carbons (Fsp3) is 0.263. The summed E-state index contributed by atoms with van der Waals surface area (Å²) in [4.78, 5) is 24.5. The summed E-state index contributed by atoms with van der Waals surface area (Å²) in [5.41, 5.74) is 2.75. The van der Waals surface area contributed by atoms with Crippen molar-refractivity contribution in [3.63, 3.8) is 0 Å². The van der Waals surface area contributed by atoms with Gasteiger partial charge in [-0.25, -0.2) is 4.79 Å². The van der Waals surface area contributed by atoms with Gasteiger partial charge in [0.25, 0.3) is 5.91 Å². The molecule has 138 valence electrons. The Balaban J connectivity index is 0.00000243. The van der Waals surface area contributed by atoms with Crippen LogP contribution in [0.25, 0.3) is 0 Å². The van der Waals surface area contributed by atoms with Gasteiger partial charge in [0, 0.05) is 29.5 Å². The van der Waals surface area contributed by atoms with Crippen LogP contribution in [0.3, 0.4) is 0 Å². The Kier molecular flexibility index (Phi) is 7.00. The zero-order valence-electron chi connectivity index (χ0n) is 14.5. The number of carbonyl (C=O) groups is 2. The molecule has 1 aliphatic heterocycles. The number of urea groups is 1. The Morgan fingerprint density at radius 3 is 2.54 bits per heavy atom. The van der Waals surface area contributed by atoms with Crippen molar-refractivity contribution in [2.45, 2.75) is 19.4 Å². The average molecular weight is 375 g/mol. The lowest BCUT2D eigenvalue weighted by molar-refractivity contribution is 0.0940. The molecule has 4 N–H and O–H groups in total. The van der Waals surface area contributed by atoms with Crippen LogP contribution in [0, 0.1) is 6.92 Å². The molecule has 3 rings (SSSR count). The van der Waals surface area contributed by atoms with Crippen LogP contribution in [-0.2, 0) is 0 Å². The van der Waals surface area contributed by atoms with Gasteiger partial charge in [0.2, 0.25) is 0 Å². The molecule has 1 heterocycles. The van der Waals surface area contributed by atoms with Gasteiger partial charge in [0.15, 0.2) is 0 Å². The lowest BCUT2D eigenvalue weighted by Gasteiger charge is -2.14. The van der Waals surface area contributed by atoms with E-state index < -0.39 is 0 Å². The molecule has 0 bridgehead atoms. The van der Waals surface area contributed by atoms with Crippen LogP contribution in [0.15, 0.2) is 48.5 Å². The molecule has 0 aliphatic carbocycles. The van der Waals surface area contributed by atoms with Crippen LogP contribution >= 0.6 is 12.4 Å². The molecule has 3 amide bonds. The highest BCUT2D eigenvalue weighted by molar-refractivity contribution is 6.02. The van der Waals surface area contributed by atoms with Gasteiger partial charge in [0.05, 0.1) is 0 Å². The maximum Gasteiger partial charge on any atom is 0.323 e. The highest BCUT2D eigenvalue weighted by atomic mass is 35.5. The zero-order chi connectivity index (χ0) is 17.6. The Labute approximate surface area is 159 Å². The number of nitrogens with one attached hydrogen (secondary N) is 4. The van der Waals surface area contributed by atoms with Gasteiger partial charge in [0.1, 0.15) is 0 Å². The van der Waals surface area contributed by atoms with Crippen molar-refractivity contribution in [3.05, 3.63) is 59.7 Å². The maximum absolute atomic E-state index is 12.4. The third-order valence-corrected chi connectivity index (χ3v) is 4.18. The van der Waals surface area contributed by atoms with Crippen LogP contribution in [0.4, 0.5) is 16.2 Å². The molecular weight excluding hydrogens is 352 g/mol. The minimum absolute atomic E-state index is 0. The Bertz CT molecular complexity index is 761. The molecule has 0 radical (unpaired) electrons. The first kappa shape index (κ1) is 19.8. The van der Waals surface area contributed by atoms with Crippen molar-refractivity contribution < 1.29 is 9.59 Å². The number of aryl methyl sites for hydroxylation is 1. The number of carbonyl (C=O) groups excluding carboxylic acids is 2. The highest BCUT2D eigenvalue weighted by Crippen LogP contribution is 2.18. The summed E-state index contributed by atoms with van der Waals surface area (Å²) in [5, 5.41) is 11.8. The van der Waals surface area contributed by atoms with Crippen molar-refractivity contribution in [3.8, 4) is 0 Å². The van der Waals surface area contributed by atoms with Crippen LogP contribution in [-0.4, -0.2) is 31.1 Å². The summed E-state index contributed by atoms with van der Waals surface area (Å²) in [6.07, 6.45) is 0.933. The molecule has 6 nitrogen and oxygen atoms in total. The predicted molar refractivity (Wildman–Crippen MR) is 106 cm³/mol. The van der Waals surface area contributed by atoms with Gasteiger partial charge in [-0.05, 0) is 49.7 Å². The minimum Gasteiger partial charge on any atom is -0.348 e. The first-order chi connectivity index (χ1) is 12.1. The smallest absolute Gasteiger partial charge is 0.323 e. The molecule has 0 spiro atoms. The lowest BCUT2D eigenvalue weighted by atomic mass is 10.1. The topological polar surface area (TPSA) is 82.3 Å². The second-order valence-corrected chi connectivity index (χ2v) is 6.14. The van der Waals surface area contributed by atoms with E-state index in [4.69, 9.17) is 0 Å². The molecule has 1 saturated heterocycles. The molecule has 2 aromatic rings. The monoisotopic (exact) mass is 374 g/mol. The van der Waals surface area contributed by atoms with Crippen molar-refractivity contribution in [1.82, 2.24) is 10.6 Å². The second-order valence-electron chi connectivity index (χ2n) is 6.14. The van der Waals surface area contributed by atoms with Gasteiger partial charge in [-0.2, -0.15) is 0 Å². The van der Waals surface area contributed by atoms with E-state index in [0.717, 1.165) is 25.1 Å². The van der Waals surface area contributed by atoms with Crippen LogP contribution in [0.5, 0.6) is 0 Å². The molecule has 2 aromatic carbocycles. The third kappa shape index (κ3) is 5.21. The quantitative estimate of drug-likeness (QED) is 0.663. The van der Waals surface area contributed by atoms with Crippen LogP contribution in [0.2, 0.25) is 0 Å². The van der Waals surface area contributed by atoms with E-state index >= 15 is 0 Å². The maximum atomic E-state index is 12.4. The minimum atomic E-state index is -0.341. The molecule has 1 aliphatic rings. The number of hydrogen-bond acceptors (Lipinski definition) is 3. The molecule has 7 heteroatoms. The largest absolute Gasteiger partial charge is 0.348 e. The summed E-state index contributed by atoms with van der Waals surface area (Å²) in [6, 6.07) is 14.3. The van der Waals surface area contributed by atoms with Crippen LogP contribution in [0.1, 0.15) is 22.3 Å². The molecular formula is C19H23ClN4O2. The predicted octanol–water partition coefficient (Wildman–Crippen LogP) is 3.15. The first-order valence-corrected chi connectivity index (χ1v) is 8.37. The summed E-state index contributed by atoms with van der Waals surface area (Å²) in [5.74, 6) is -0.125. The van der Waals surface area contributed by atoms with E-state index in [1.54, 1.807) is 12.1 Å². The number of benzene rings is 2. The third-order valence-electron chi connectivity index (χ3n) is 4.18. The van der Waals surface area contributed by atoms with E-state index in [1.165, 1.54) is 0 Å². The second kappa shape index (κ2) is 9.22. The van der Waals surface area contributed by atoms with E-state index in [9.17, 15) is 9.59 Å². The van der Waals surface area contributed by atoms with E-state index in [1.807, 2.05) is 43.3 Å². The summed E-state index contributed by atoms with van der Waals surface area (Å²) in [6.45, 7) is 3.61. The van der Waals surface area contributed by atoms with Gasteiger partial charge in [-0.15, -0.1) is 12.4 Å². The molecule has 1 fully saturated rings. The van der Waals surface area contributed by atoms with Crippen molar-refractivity contribution >= 4 is 35.7 Å². The van der Waals surface area contributed by atoms with Crippen LogP contribution < -0.4 is 21.3 Å². The molecule has 1 unspecified atom stereocenters. The van der Waals surface area contributed by atoms with E-state index in [2.05, 4.69) is 21.3 Å². The molecule has 26 heavy (non-hydrogen) atoms. The molecule has 1 atom stereocenters. The lowest BCUT2D eigenvalue weighted by Crippen LogP contribution is -2.36. The Morgan fingerprint density at radius 1 is 1.08 bits per heavy atom. The number of halogens is 1. The average Bonchev–Trinajstić information content (AvgIpc) is 3.10. The SMILES string of the molecule is Cc1ccc(C(=O)NC2CCNC2)cc1NC(=O)Nc1ccccc1.Cl. The van der Waals surface area contributed by atoms with Crippen molar-refractivity contribution in [2.75, 3.05) is 23.7 Å². The normalized spacial score (nSPS) is 15.7. The van der Waals surface area contributed by atoms with E-state index in [-0.39, 0.29) is 30.4 Å².